The number of benzene rings is 1. The molecule has 1 saturated heterocycles. The quantitative estimate of drug-likeness (QED) is 0.746. The fourth-order valence-corrected chi connectivity index (χ4v) is 3.41. The van der Waals surface area contributed by atoms with Gasteiger partial charge in [-0.05, 0) is 32.0 Å². The number of carbonyl (C=O) groups excluding carboxylic acids is 2. The van der Waals surface area contributed by atoms with Crippen LogP contribution in [0.3, 0.4) is 0 Å². The molecule has 0 saturated carbocycles. The molecule has 0 unspecified atom stereocenters. The molecule has 142 valence electrons. The normalized spacial score (nSPS) is 14.0. The van der Waals surface area contributed by atoms with Crippen LogP contribution >= 0.6 is 0 Å². The standard InChI is InChI=1S/C20H20N6O2/c1-12-6-13(2)26(24-12)16-10-25(11-16)20(28)15-5-3-4-14(7-15)17-8-22-9-18(23-17)19(21)27/h3-9,16H,10-11H2,1-2H3,(H2,21,27). The molecule has 1 aliphatic rings. The minimum Gasteiger partial charge on any atom is -0.364 e. The van der Waals surface area contributed by atoms with E-state index in [2.05, 4.69) is 15.1 Å². The lowest BCUT2D eigenvalue weighted by molar-refractivity contribution is 0.0497. The van der Waals surface area contributed by atoms with Gasteiger partial charge in [0.15, 0.2) is 0 Å². The SMILES string of the molecule is Cc1cc(C)n(C2CN(C(=O)c3cccc(-c4cncc(C(N)=O)n4)c3)C2)n1. The Labute approximate surface area is 162 Å². The number of hydrogen-bond donors (Lipinski definition) is 1. The number of carbonyl (C=O) groups is 2. The maximum absolute atomic E-state index is 12.8. The maximum atomic E-state index is 12.8. The lowest BCUT2D eigenvalue weighted by Gasteiger charge is -2.39. The number of rotatable bonds is 4. The third-order valence-corrected chi connectivity index (χ3v) is 4.83. The van der Waals surface area contributed by atoms with Crippen molar-refractivity contribution in [3.63, 3.8) is 0 Å². The molecule has 1 aliphatic heterocycles. The number of amides is 2. The van der Waals surface area contributed by atoms with E-state index >= 15 is 0 Å². The summed E-state index contributed by atoms with van der Waals surface area (Å²) in [4.78, 5) is 34.2. The van der Waals surface area contributed by atoms with Gasteiger partial charge in [-0.2, -0.15) is 5.10 Å². The first-order valence-electron chi connectivity index (χ1n) is 8.96. The van der Waals surface area contributed by atoms with Crippen molar-refractivity contribution < 1.29 is 9.59 Å². The van der Waals surface area contributed by atoms with E-state index in [1.54, 1.807) is 29.3 Å². The van der Waals surface area contributed by atoms with Crippen LogP contribution in [-0.2, 0) is 0 Å². The molecular weight excluding hydrogens is 356 g/mol. The van der Waals surface area contributed by atoms with Gasteiger partial charge in [-0.25, -0.2) is 4.98 Å². The van der Waals surface area contributed by atoms with E-state index in [1.165, 1.54) is 6.20 Å². The predicted molar refractivity (Wildman–Crippen MR) is 103 cm³/mol. The van der Waals surface area contributed by atoms with E-state index in [1.807, 2.05) is 30.7 Å². The van der Waals surface area contributed by atoms with Crippen molar-refractivity contribution >= 4 is 11.8 Å². The highest BCUT2D eigenvalue weighted by molar-refractivity contribution is 5.96. The molecule has 8 heteroatoms. The molecule has 1 fully saturated rings. The van der Waals surface area contributed by atoms with Gasteiger partial charge in [0.05, 0.1) is 29.8 Å². The second-order valence-corrected chi connectivity index (χ2v) is 6.97. The third-order valence-electron chi connectivity index (χ3n) is 4.83. The number of aryl methyl sites for hydroxylation is 2. The summed E-state index contributed by atoms with van der Waals surface area (Å²) in [5.41, 5.74) is 9.20. The second kappa shape index (κ2) is 6.88. The first-order chi connectivity index (χ1) is 13.4. The van der Waals surface area contributed by atoms with E-state index in [-0.39, 0.29) is 17.6 Å². The molecule has 28 heavy (non-hydrogen) atoms. The van der Waals surface area contributed by atoms with Gasteiger partial charge in [-0.1, -0.05) is 12.1 Å². The predicted octanol–water partition coefficient (Wildman–Crippen LogP) is 1.75. The number of aromatic nitrogens is 4. The Morgan fingerprint density at radius 1 is 1.14 bits per heavy atom. The van der Waals surface area contributed by atoms with E-state index in [4.69, 9.17) is 5.73 Å². The summed E-state index contributed by atoms with van der Waals surface area (Å²) < 4.78 is 1.99. The van der Waals surface area contributed by atoms with Crippen molar-refractivity contribution in [1.29, 1.82) is 0 Å². The highest BCUT2D eigenvalue weighted by atomic mass is 16.2. The van der Waals surface area contributed by atoms with Crippen molar-refractivity contribution in [3.05, 3.63) is 65.4 Å². The second-order valence-electron chi connectivity index (χ2n) is 6.97. The van der Waals surface area contributed by atoms with E-state index in [0.717, 1.165) is 11.4 Å². The Balaban J connectivity index is 1.51. The lowest BCUT2D eigenvalue weighted by Crippen LogP contribution is -2.51. The molecular formula is C20H20N6O2. The summed E-state index contributed by atoms with van der Waals surface area (Å²) in [5.74, 6) is -0.684. The highest BCUT2D eigenvalue weighted by Crippen LogP contribution is 2.26. The lowest BCUT2D eigenvalue weighted by atomic mass is 10.0. The summed E-state index contributed by atoms with van der Waals surface area (Å²) in [6, 6.07) is 9.38. The molecule has 3 heterocycles. The zero-order valence-corrected chi connectivity index (χ0v) is 15.7. The van der Waals surface area contributed by atoms with Crippen LogP contribution in [0.15, 0.2) is 42.7 Å². The van der Waals surface area contributed by atoms with Crippen LogP contribution in [0.4, 0.5) is 0 Å². The van der Waals surface area contributed by atoms with Gasteiger partial charge in [0.2, 0.25) is 0 Å². The van der Waals surface area contributed by atoms with Crippen LogP contribution in [0.1, 0.15) is 38.3 Å². The number of nitrogens with zero attached hydrogens (tertiary/aromatic N) is 5. The van der Waals surface area contributed by atoms with Crippen molar-refractivity contribution in [2.45, 2.75) is 19.9 Å². The van der Waals surface area contributed by atoms with Crippen LogP contribution in [0.5, 0.6) is 0 Å². The molecule has 3 aromatic rings. The van der Waals surface area contributed by atoms with Gasteiger partial charge in [-0.15, -0.1) is 0 Å². The third kappa shape index (κ3) is 3.24. The number of nitrogens with two attached hydrogens (primary N) is 1. The van der Waals surface area contributed by atoms with Gasteiger partial charge in [0, 0.05) is 29.9 Å². The monoisotopic (exact) mass is 376 g/mol. The first-order valence-corrected chi connectivity index (χ1v) is 8.96. The number of primary amides is 1. The summed E-state index contributed by atoms with van der Waals surface area (Å²) in [7, 11) is 0. The molecule has 1 aromatic carbocycles. The minimum atomic E-state index is -0.641. The van der Waals surface area contributed by atoms with Gasteiger partial charge in [-0.3, -0.25) is 19.3 Å². The molecule has 0 atom stereocenters. The molecule has 0 radical (unpaired) electrons. The average Bonchev–Trinajstić information content (AvgIpc) is 2.98. The Kier molecular flexibility index (Phi) is 4.38. The van der Waals surface area contributed by atoms with Crippen LogP contribution in [-0.4, -0.2) is 49.6 Å². The molecule has 2 aromatic heterocycles. The summed E-state index contributed by atoms with van der Waals surface area (Å²) in [5, 5.41) is 4.50. The zero-order chi connectivity index (χ0) is 19.8. The highest BCUT2D eigenvalue weighted by Gasteiger charge is 2.33. The largest absolute Gasteiger partial charge is 0.364 e. The Morgan fingerprint density at radius 3 is 2.61 bits per heavy atom. The molecule has 8 nitrogen and oxygen atoms in total. The molecule has 2 amide bonds. The average molecular weight is 376 g/mol. The fraction of sp³-hybridized carbons (Fsp3) is 0.250. The topological polar surface area (TPSA) is 107 Å². The van der Waals surface area contributed by atoms with Crippen molar-refractivity contribution in [1.82, 2.24) is 24.6 Å². The minimum absolute atomic E-state index is 0.0429. The Bertz CT molecular complexity index is 1070. The molecule has 0 bridgehead atoms. The summed E-state index contributed by atoms with van der Waals surface area (Å²) >= 11 is 0. The van der Waals surface area contributed by atoms with Crippen LogP contribution in [0, 0.1) is 13.8 Å². The molecule has 0 spiro atoms. The summed E-state index contributed by atoms with van der Waals surface area (Å²) in [6.07, 6.45) is 2.86. The van der Waals surface area contributed by atoms with Crippen molar-refractivity contribution in [3.8, 4) is 11.3 Å². The van der Waals surface area contributed by atoms with Crippen molar-refractivity contribution in [2.24, 2.45) is 5.73 Å². The van der Waals surface area contributed by atoms with Crippen LogP contribution in [0.2, 0.25) is 0 Å². The Morgan fingerprint density at radius 2 is 1.93 bits per heavy atom. The number of likely N-dealkylation sites (tertiary alicyclic amines) is 1. The smallest absolute Gasteiger partial charge is 0.268 e. The molecule has 2 N–H and O–H groups in total. The zero-order valence-electron chi connectivity index (χ0n) is 15.7. The molecule has 0 aliphatic carbocycles. The van der Waals surface area contributed by atoms with Gasteiger partial charge >= 0.3 is 0 Å². The fourth-order valence-electron chi connectivity index (χ4n) is 3.41. The van der Waals surface area contributed by atoms with E-state index in [9.17, 15) is 9.59 Å². The van der Waals surface area contributed by atoms with Gasteiger partial charge in [0.25, 0.3) is 11.8 Å². The van der Waals surface area contributed by atoms with Gasteiger partial charge in [0.1, 0.15) is 5.69 Å². The molecule has 4 rings (SSSR count). The number of hydrogen-bond acceptors (Lipinski definition) is 5. The van der Waals surface area contributed by atoms with E-state index in [0.29, 0.717) is 29.9 Å². The van der Waals surface area contributed by atoms with Crippen molar-refractivity contribution in [2.75, 3.05) is 13.1 Å². The van der Waals surface area contributed by atoms with Crippen LogP contribution < -0.4 is 5.73 Å². The Hall–Kier alpha value is -3.55. The van der Waals surface area contributed by atoms with E-state index < -0.39 is 5.91 Å². The maximum Gasteiger partial charge on any atom is 0.268 e. The van der Waals surface area contributed by atoms with Crippen LogP contribution in [0.25, 0.3) is 11.3 Å². The van der Waals surface area contributed by atoms with Gasteiger partial charge < -0.3 is 10.6 Å². The summed E-state index contributed by atoms with van der Waals surface area (Å²) in [6.45, 7) is 5.24. The first kappa shape index (κ1) is 17.8.